The molecule has 35 heavy (non-hydrogen) atoms. The first-order valence-corrected chi connectivity index (χ1v) is 11.7. The lowest BCUT2D eigenvalue weighted by Crippen LogP contribution is -2.54. The Morgan fingerprint density at radius 1 is 1.09 bits per heavy atom. The van der Waals surface area contributed by atoms with Gasteiger partial charge in [-0.05, 0) is 55.2 Å². The second-order valence-corrected chi connectivity index (χ2v) is 9.66. The molecule has 0 aliphatic carbocycles. The zero-order valence-electron chi connectivity index (χ0n) is 18.7. The average molecular weight is 481 g/mol. The van der Waals surface area contributed by atoms with Gasteiger partial charge in [-0.2, -0.15) is 0 Å². The van der Waals surface area contributed by atoms with E-state index in [0.717, 1.165) is 12.8 Å². The molecule has 4 aliphatic rings. The molecule has 2 aromatic carbocycles. The number of likely N-dealkylation sites (tertiary alicyclic amines) is 1. The highest BCUT2D eigenvalue weighted by Crippen LogP contribution is 2.53. The first kappa shape index (κ1) is 22.0. The molecule has 2 aromatic rings. The fraction of sp³-hybridized carbons (Fsp3) is 0.400. The fourth-order valence-electron chi connectivity index (χ4n) is 6.13. The van der Waals surface area contributed by atoms with Crippen LogP contribution in [0.15, 0.2) is 36.4 Å². The van der Waals surface area contributed by atoms with Crippen molar-refractivity contribution in [2.45, 2.75) is 36.9 Å². The molecule has 0 aromatic heterocycles. The lowest BCUT2D eigenvalue weighted by molar-refractivity contribution is -0.144. The summed E-state index contributed by atoms with van der Waals surface area (Å²) in [6.07, 6.45) is 1.53. The Bertz CT molecular complexity index is 1260. The molecule has 3 fully saturated rings. The van der Waals surface area contributed by atoms with Gasteiger partial charge in [-0.3, -0.25) is 24.6 Å². The maximum Gasteiger partial charge on any atom is 0.250 e. The quantitative estimate of drug-likeness (QED) is 0.384. The van der Waals surface area contributed by atoms with Crippen molar-refractivity contribution in [1.82, 2.24) is 10.2 Å². The molecule has 0 radical (unpaired) electrons. The predicted octanol–water partition coefficient (Wildman–Crippen LogP) is 1.38. The fourth-order valence-corrected chi connectivity index (χ4v) is 6.13. The number of imide groups is 1. The largest absolute Gasteiger partial charge is 0.504 e. The average Bonchev–Trinajstić information content (AvgIpc) is 3.56. The number of phenols is 2. The summed E-state index contributed by atoms with van der Waals surface area (Å²) in [5, 5.41) is 25.6. The molecular weight excluding hydrogens is 457 g/mol. The zero-order valence-corrected chi connectivity index (χ0v) is 18.7. The van der Waals surface area contributed by atoms with Crippen molar-refractivity contribution in [3.05, 3.63) is 53.3 Å². The van der Waals surface area contributed by atoms with E-state index in [0.29, 0.717) is 23.4 Å². The Hall–Kier alpha value is -3.50. The van der Waals surface area contributed by atoms with Crippen molar-refractivity contribution in [3.63, 3.8) is 0 Å². The van der Waals surface area contributed by atoms with Crippen LogP contribution in [0, 0.1) is 17.7 Å². The molecule has 0 unspecified atom stereocenters. The van der Waals surface area contributed by atoms with Gasteiger partial charge >= 0.3 is 0 Å². The van der Waals surface area contributed by atoms with Gasteiger partial charge in [-0.15, -0.1) is 0 Å². The summed E-state index contributed by atoms with van der Waals surface area (Å²) in [6, 6.07) is 7.57. The maximum absolute atomic E-state index is 14.3. The highest BCUT2D eigenvalue weighted by molar-refractivity contribution is 6.15. The normalized spacial score (nSPS) is 31.3. The summed E-state index contributed by atoms with van der Waals surface area (Å²) in [7, 11) is 0. The number of phenolic OH excluding ortho intramolecular Hbond substituents is 2. The molecular formula is C25H24FN3O6. The number of fused-ring (bicyclic) bond motifs is 4. The summed E-state index contributed by atoms with van der Waals surface area (Å²) < 4.78 is 20.0. The van der Waals surface area contributed by atoms with Gasteiger partial charge in [-0.25, -0.2) is 4.39 Å². The molecule has 4 N–H and O–H groups in total. The molecule has 9 nitrogen and oxygen atoms in total. The van der Waals surface area contributed by atoms with E-state index in [9.17, 15) is 29.0 Å². The number of nitrogens with one attached hydrogen (secondary N) is 2. The Morgan fingerprint density at radius 2 is 1.91 bits per heavy atom. The lowest BCUT2D eigenvalue weighted by atomic mass is 9.76. The zero-order chi connectivity index (χ0) is 24.5. The van der Waals surface area contributed by atoms with Crippen LogP contribution in [0.2, 0.25) is 0 Å². The first-order chi connectivity index (χ1) is 16.8. The Morgan fingerprint density at radius 3 is 2.66 bits per heavy atom. The van der Waals surface area contributed by atoms with Crippen LogP contribution in [0.5, 0.6) is 11.5 Å². The molecule has 6 rings (SSSR count). The monoisotopic (exact) mass is 481 g/mol. The predicted molar refractivity (Wildman–Crippen MR) is 120 cm³/mol. The van der Waals surface area contributed by atoms with Gasteiger partial charge in [0.05, 0.1) is 24.5 Å². The van der Waals surface area contributed by atoms with Crippen molar-refractivity contribution >= 4 is 23.4 Å². The highest BCUT2D eigenvalue weighted by Gasteiger charge is 2.70. The molecule has 3 amide bonds. The van der Waals surface area contributed by atoms with Crippen molar-refractivity contribution < 1.29 is 33.7 Å². The van der Waals surface area contributed by atoms with Crippen LogP contribution in [-0.4, -0.2) is 58.1 Å². The molecule has 4 heterocycles. The summed E-state index contributed by atoms with van der Waals surface area (Å²) in [4.78, 5) is 42.0. The number of hydrogen-bond acceptors (Lipinski definition) is 7. The third-order valence-corrected chi connectivity index (χ3v) is 7.67. The molecule has 182 valence electrons. The first-order valence-electron chi connectivity index (χ1n) is 11.7. The summed E-state index contributed by atoms with van der Waals surface area (Å²) >= 11 is 0. The second kappa shape index (κ2) is 7.76. The molecule has 0 bridgehead atoms. The number of aromatic hydroxyl groups is 2. The summed E-state index contributed by atoms with van der Waals surface area (Å²) in [6.45, 7) is 0.687. The Balaban J connectivity index is 1.43. The smallest absolute Gasteiger partial charge is 0.250 e. The van der Waals surface area contributed by atoms with E-state index in [4.69, 9.17) is 4.74 Å². The number of ether oxygens (including phenoxy) is 1. The van der Waals surface area contributed by atoms with E-state index in [1.54, 1.807) is 6.07 Å². The lowest BCUT2D eigenvalue weighted by Gasteiger charge is -2.30. The van der Waals surface area contributed by atoms with Crippen LogP contribution in [0.25, 0.3) is 0 Å². The molecule has 0 saturated carbocycles. The molecule has 5 atom stereocenters. The van der Waals surface area contributed by atoms with Gasteiger partial charge < -0.3 is 20.3 Å². The molecule has 10 heteroatoms. The van der Waals surface area contributed by atoms with Gasteiger partial charge in [0, 0.05) is 23.9 Å². The second-order valence-electron chi connectivity index (χ2n) is 9.66. The standard InChI is InChI=1S/C25H24FN3O6/c26-13-4-5-16-15(10-13)25(24(34)27-16)21-20(17(28-25)8-12-3-6-18(30)19(31)9-12)22(32)29(23(21)33)11-14-2-1-7-35-14/h3-6,9-10,14,17,20-21,28,30-31H,1-2,7-8,11H2,(H,27,34)/t14-,17+,20+,21-,25-/m1/s1. The van der Waals surface area contributed by atoms with Gasteiger partial charge in [-0.1, -0.05) is 6.07 Å². The van der Waals surface area contributed by atoms with Crippen LogP contribution < -0.4 is 10.6 Å². The highest BCUT2D eigenvalue weighted by atomic mass is 19.1. The Labute approximate surface area is 199 Å². The minimum atomic E-state index is -1.61. The van der Waals surface area contributed by atoms with Crippen molar-refractivity contribution in [1.29, 1.82) is 0 Å². The number of anilines is 1. The number of halogens is 1. The van der Waals surface area contributed by atoms with Crippen LogP contribution in [0.4, 0.5) is 10.1 Å². The van der Waals surface area contributed by atoms with Gasteiger partial charge in [0.25, 0.3) is 0 Å². The van der Waals surface area contributed by atoms with Crippen LogP contribution in [0.3, 0.4) is 0 Å². The van der Waals surface area contributed by atoms with Crippen LogP contribution in [-0.2, 0) is 31.1 Å². The van der Waals surface area contributed by atoms with E-state index in [-0.39, 0.29) is 30.6 Å². The Kier molecular flexibility index (Phi) is 4.87. The summed E-state index contributed by atoms with van der Waals surface area (Å²) in [5.41, 5.74) is -0.314. The summed E-state index contributed by atoms with van der Waals surface area (Å²) in [5.74, 6) is -4.47. The van der Waals surface area contributed by atoms with E-state index in [1.165, 1.54) is 35.2 Å². The van der Waals surface area contributed by atoms with E-state index in [1.807, 2.05) is 0 Å². The van der Waals surface area contributed by atoms with E-state index < -0.39 is 47.0 Å². The number of carbonyl (C=O) groups is 3. The third-order valence-electron chi connectivity index (χ3n) is 7.67. The van der Waals surface area contributed by atoms with Crippen molar-refractivity contribution in [2.75, 3.05) is 18.5 Å². The molecule has 4 aliphatic heterocycles. The van der Waals surface area contributed by atoms with Crippen molar-refractivity contribution in [3.8, 4) is 11.5 Å². The van der Waals surface area contributed by atoms with E-state index >= 15 is 0 Å². The van der Waals surface area contributed by atoms with Gasteiger partial charge in [0.15, 0.2) is 11.5 Å². The van der Waals surface area contributed by atoms with Crippen molar-refractivity contribution in [2.24, 2.45) is 11.8 Å². The number of nitrogens with zero attached hydrogens (tertiary/aromatic N) is 1. The number of rotatable bonds is 4. The minimum Gasteiger partial charge on any atom is -0.504 e. The van der Waals surface area contributed by atoms with Gasteiger partial charge in [0.2, 0.25) is 17.7 Å². The third kappa shape index (κ3) is 3.16. The number of amides is 3. The number of hydrogen-bond donors (Lipinski definition) is 4. The minimum absolute atomic E-state index is 0.116. The SMILES string of the molecule is O=C1[C@H]2[C@H](Cc3ccc(O)c(O)c3)N[C@@]3(C(=O)Nc4ccc(F)cc43)[C@H]2C(=O)N1C[C@H]1CCCO1. The number of benzene rings is 2. The maximum atomic E-state index is 14.3. The number of carbonyl (C=O) groups excluding carboxylic acids is 3. The molecule has 3 saturated heterocycles. The van der Waals surface area contributed by atoms with Crippen LogP contribution >= 0.6 is 0 Å². The topological polar surface area (TPSA) is 128 Å². The van der Waals surface area contributed by atoms with Crippen LogP contribution in [0.1, 0.15) is 24.0 Å². The molecule has 1 spiro atoms. The van der Waals surface area contributed by atoms with Gasteiger partial charge in [0.1, 0.15) is 11.4 Å². The van der Waals surface area contributed by atoms with E-state index in [2.05, 4.69) is 10.6 Å².